The number of halogens is 5. The second-order valence-corrected chi connectivity index (χ2v) is 19.5. The smallest absolute Gasteiger partial charge is 0.444 e. The molecule has 358 valence electrons. The van der Waals surface area contributed by atoms with Gasteiger partial charge in [0.1, 0.15) is 5.60 Å². The first-order valence-electron chi connectivity index (χ1n) is 22.7. The largest absolute Gasteiger partial charge is 0.446 e. The summed E-state index contributed by atoms with van der Waals surface area (Å²) in [6.45, 7) is 21.5. The molecule has 4 aliphatic rings. The highest BCUT2D eigenvalue weighted by atomic mass is 35.5. The Kier molecular flexibility index (Phi) is 20.9. The van der Waals surface area contributed by atoms with E-state index in [0.717, 1.165) is 68.2 Å². The summed E-state index contributed by atoms with van der Waals surface area (Å²) < 4.78 is 55.1. The molecule has 3 N–H and O–H groups in total. The molecule has 6 rings (SSSR count). The molecule has 0 aromatic heterocycles. The number of likely N-dealkylation sites (tertiary alicyclic amines) is 1. The van der Waals surface area contributed by atoms with Gasteiger partial charge in [-0.15, -0.1) is 0 Å². The van der Waals surface area contributed by atoms with E-state index in [2.05, 4.69) is 39.4 Å². The Morgan fingerprint density at radius 1 is 0.778 bits per heavy atom. The predicted octanol–water partition coefficient (Wildman–Crippen LogP) is 8.37. The number of aldehydes is 1. The normalized spacial score (nSPS) is 23.7. The molecule has 4 fully saturated rings. The van der Waals surface area contributed by atoms with Gasteiger partial charge in [0, 0.05) is 61.8 Å². The van der Waals surface area contributed by atoms with Crippen LogP contribution in [0.2, 0.25) is 10.0 Å². The lowest BCUT2D eigenvalue weighted by Crippen LogP contribution is -2.61. The van der Waals surface area contributed by atoms with Crippen molar-refractivity contribution in [3.05, 3.63) is 69.7 Å². The van der Waals surface area contributed by atoms with Gasteiger partial charge in [-0.05, 0) is 135 Å². The molecule has 4 atom stereocenters. The van der Waals surface area contributed by atoms with Gasteiger partial charge >= 0.3 is 12.3 Å². The summed E-state index contributed by atoms with van der Waals surface area (Å²) in [5.74, 6) is 0. The molecule has 16 heteroatoms. The monoisotopic (exact) mass is 933 g/mol. The van der Waals surface area contributed by atoms with Gasteiger partial charge in [-0.25, -0.2) is 4.79 Å². The highest BCUT2D eigenvalue weighted by Gasteiger charge is 2.42. The fourth-order valence-corrected chi connectivity index (χ4v) is 8.42. The molecule has 11 nitrogen and oxygen atoms in total. The summed E-state index contributed by atoms with van der Waals surface area (Å²) in [6, 6.07) is 17.6. The van der Waals surface area contributed by atoms with Crippen LogP contribution in [0.1, 0.15) is 100 Å². The molecule has 0 bridgehead atoms. The number of carbonyl (C=O) groups excluding carboxylic acids is 2. The van der Waals surface area contributed by atoms with Crippen LogP contribution in [0.5, 0.6) is 0 Å². The topological polar surface area (TPSA) is 124 Å². The lowest BCUT2D eigenvalue weighted by atomic mass is 9.92. The zero-order valence-corrected chi connectivity index (χ0v) is 39.9. The molecule has 0 unspecified atom stereocenters. The Bertz CT molecular complexity index is 1660. The number of hydrogen-bond donors (Lipinski definition) is 3. The first-order valence-corrected chi connectivity index (χ1v) is 22.8. The van der Waals surface area contributed by atoms with Crippen LogP contribution in [0.4, 0.5) is 18.0 Å². The molecule has 0 saturated carbocycles. The maximum absolute atomic E-state index is 12.4. The Balaban J connectivity index is 0.000000292. The number of alkyl halides is 3. The van der Waals surface area contributed by atoms with E-state index in [-0.39, 0.29) is 24.3 Å². The summed E-state index contributed by atoms with van der Waals surface area (Å²) >= 11 is 12.1. The number of morpholine rings is 2. The molecule has 0 spiro atoms. The number of aliphatic hydroxyl groups is 2. The van der Waals surface area contributed by atoms with Crippen LogP contribution in [-0.2, 0) is 31.8 Å². The highest BCUT2D eigenvalue weighted by Crippen LogP contribution is 2.30. The van der Waals surface area contributed by atoms with E-state index < -0.39 is 29.3 Å². The number of rotatable bonds is 8. The number of benzene rings is 2. The summed E-state index contributed by atoms with van der Waals surface area (Å²) in [4.78, 5) is 28.0. The average Bonchev–Trinajstić information content (AvgIpc) is 3.22. The average molecular weight is 935 g/mol. The number of ether oxygens (including phenoxy) is 3. The Morgan fingerprint density at radius 2 is 1.14 bits per heavy atom. The lowest BCUT2D eigenvalue weighted by molar-refractivity contribution is -0.156. The number of hydrogen-bond acceptors (Lipinski definition) is 10. The minimum Gasteiger partial charge on any atom is -0.444 e. The van der Waals surface area contributed by atoms with Crippen molar-refractivity contribution in [3.63, 3.8) is 0 Å². The van der Waals surface area contributed by atoms with Crippen molar-refractivity contribution < 1.29 is 48.6 Å². The van der Waals surface area contributed by atoms with Crippen molar-refractivity contribution >= 4 is 35.6 Å². The Morgan fingerprint density at radius 3 is 1.48 bits per heavy atom. The van der Waals surface area contributed by atoms with Crippen LogP contribution in [0.15, 0.2) is 48.5 Å². The van der Waals surface area contributed by atoms with Gasteiger partial charge in [0.15, 0.2) is 0 Å². The third-order valence-corrected chi connectivity index (χ3v) is 12.0. The molecule has 4 saturated heterocycles. The van der Waals surface area contributed by atoms with E-state index in [0.29, 0.717) is 57.9 Å². The van der Waals surface area contributed by atoms with E-state index in [9.17, 15) is 28.2 Å². The molecule has 2 aromatic carbocycles. The standard InChI is InChI=1S/C24H37ClN2O4.C19H29ClN2O2.C2HF3O.C2H6/c1-23(2,3)31-22(28)26-12-10-19(11-13-26)27-15-21(24(4,5)29)30-16-20(27)14-17-6-8-18(25)9-7-17;1-19(2,23)18-12-22(16-7-9-21-10-8-16)17(13-24-18)11-14-3-5-15(20)6-4-14;3-2(4,5)1-6;1-2/h6-9,19-21,29H,10-16H2,1-5H3;3-6,16-18,21,23H,7-13H2,1-2H3;1H;1-2H3/t20-,21+;17-,18+;;/m00../s1/i;;;1D. The summed E-state index contributed by atoms with van der Waals surface area (Å²) in [5.41, 5.74) is 0.309. The van der Waals surface area contributed by atoms with Crippen LogP contribution in [0, 0.1) is 0 Å². The number of nitrogens with one attached hydrogen (secondary N) is 1. The van der Waals surface area contributed by atoms with Crippen LogP contribution in [0.25, 0.3) is 0 Å². The number of piperidine rings is 2. The first kappa shape index (κ1) is 53.1. The van der Waals surface area contributed by atoms with E-state index in [4.69, 9.17) is 43.6 Å². The number of nitrogens with zero attached hydrogens (tertiary/aromatic N) is 3. The maximum atomic E-state index is 12.4. The van der Waals surface area contributed by atoms with Crippen molar-refractivity contribution in [1.82, 2.24) is 20.0 Å². The molecule has 4 aliphatic heterocycles. The van der Waals surface area contributed by atoms with Crippen LogP contribution in [0.3, 0.4) is 0 Å². The van der Waals surface area contributed by atoms with E-state index >= 15 is 0 Å². The summed E-state index contributed by atoms with van der Waals surface area (Å²) in [5, 5.41) is 25.9. The van der Waals surface area contributed by atoms with Gasteiger partial charge in [0.05, 0.1) is 36.6 Å². The Hall–Kier alpha value is -2.53. The zero-order valence-electron chi connectivity index (χ0n) is 39.4. The van der Waals surface area contributed by atoms with Crippen LogP contribution in [-0.4, -0.2) is 149 Å². The fraction of sp³-hybridized carbons (Fsp3) is 0.702. The van der Waals surface area contributed by atoms with Gasteiger partial charge in [-0.3, -0.25) is 14.6 Å². The quantitative estimate of drug-likeness (QED) is 0.223. The van der Waals surface area contributed by atoms with Gasteiger partial charge in [-0.1, -0.05) is 61.3 Å². The highest BCUT2D eigenvalue weighted by molar-refractivity contribution is 6.30. The van der Waals surface area contributed by atoms with E-state index in [1.165, 1.54) is 11.1 Å². The molecule has 2 aromatic rings. The number of amides is 1. The molecule has 1 amide bonds. The second kappa shape index (κ2) is 24.8. The minimum atomic E-state index is -4.64. The fourth-order valence-electron chi connectivity index (χ4n) is 8.16. The van der Waals surface area contributed by atoms with Crippen LogP contribution >= 0.6 is 23.2 Å². The molecule has 0 aliphatic carbocycles. The third kappa shape index (κ3) is 19.1. The van der Waals surface area contributed by atoms with Gasteiger partial charge < -0.3 is 34.6 Å². The van der Waals surface area contributed by atoms with Crippen molar-refractivity contribution in [2.45, 2.75) is 160 Å². The Labute approximate surface area is 385 Å². The predicted molar refractivity (Wildman–Crippen MR) is 244 cm³/mol. The van der Waals surface area contributed by atoms with E-state index in [1.54, 1.807) is 20.8 Å². The lowest BCUT2D eigenvalue weighted by Gasteiger charge is -2.48. The van der Waals surface area contributed by atoms with Crippen molar-refractivity contribution in [2.24, 2.45) is 0 Å². The van der Waals surface area contributed by atoms with Crippen LogP contribution < -0.4 is 5.32 Å². The first-order chi connectivity index (χ1) is 29.8. The molecule has 4 heterocycles. The third-order valence-electron chi connectivity index (χ3n) is 11.5. The summed E-state index contributed by atoms with van der Waals surface area (Å²) in [6.07, 6.45) is -0.393. The SMILES string of the molecule is CC(C)(C)OC(=O)N1CCC(N2C[C@H](C(C)(C)O)OC[C@@H]2Cc2ccc(Cl)cc2)CC1.CC(C)(O)[C@H]1CN(C2CCNCC2)[C@@H](Cc2ccc(Cl)cc2)CO1.O=CC(F)(F)F.[2H]CC. The van der Waals surface area contributed by atoms with Crippen molar-refractivity contribution in [3.8, 4) is 0 Å². The maximum Gasteiger partial charge on any atom is 0.446 e. The zero-order chi connectivity index (χ0) is 47.9. The molecular formula is C47H73Cl2F3N4O7. The molecule has 0 radical (unpaired) electrons. The molecular weight excluding hydrogens is 860 g/mol. The van der Waals surface area contributed by atoms with Gasteiger partial charge in [0.25, 0.3) is 0 Å². The second-order valence-electron chi connectivity index (χ2n) is 18.7. The minimum absolute atomic E-state index is 0.131. The van der Waals surface area contributed by atoms with E-state index in [1.807, 2.05) is 63.8 Å². The molecule has 63 heavy (non-hydrogen) atoms. The summed E-state index contributed by atoms with van der Waals surface area (Å²) in [7, 11) is 0. The van der Waals surface area contributed by atoms with Crippen molar-refractivity contribution in [1.29, 1.82) is 0 Å². The van der Waals surface area contributed by atoms with Gasteiger partial charge in [-0.2, -0.15) is 13.2 Å². The van der Waals surface area contributed by atoms with Gasteiger partial charge in [0.2, 0.25) is 6.29 Å². The number of carbonyl (C=O) groups is 2. The van der Waals surface area contributed by atoms with Crippen molar-refractivity contribution in [2.75, 3.05) is 52.5 Å².